The first-order chi connectivity index (χ1) is 16.4. The van der Waals surface area contributed by atoms with Crippen LogP contribution in [0.25, 0.3) is 0 Å². The highest BCUT2D eigenvalue weighted by Crippen LogP contribution is 2.12. The number of carboxylic acid groups (broad SMARTS) is 1. The van der Waals surface area contributed by atoms with Crippen molar-refractivity contribution in [2.24, 2.45) is 23.5 Å². The lowest BCUT2D eigenvalue weighted by molar-refractivity contribution is -0.142. The van der Waals surface area contributed by atoms with Crippen LogP contribution >= 0.6 is 0 Å². The molecule has 5 unspecified atom stereocenters. The van der Waals surface area contributed by atoms with Crippen molar-refractivity contribution in [2.75, 3.05) is 0 Å². The molecule has 0 radical (unpaired) electrons. The van der Waals surface area contributed by atoms with E-state index < -0.39 is 47.9 Å². The smallest absolute Gasteiger partial charge is 0.326 e. The molecule has 9 nitrogen and oxygen atoms in total. The molecule has 1 rings (SSSR count). The Bertz CT molecular complexity index is 843. The molecule has 196 valence electrons. The van der Waals surface area contributed by atoms with Crippen LogP contribution in [0.2, 0.25) is 0 Å². The van der Waals surface area contributed by atoms with E-state index in [-0.39, 0.29) is 24.2 Å². The molecule has 0 saturated heterocycles. The average molecular weight is 491 g/mol. The van der Waals surface area contributed by atoms with Crippen molar-refractivity contribution in [3.05, 3.63) is 35.9 Å². The third kappa shape index (κ3) is 10.1. The molecule has 0 aromatic heterocycles. The molecule has 6 N–H and O–H groups in total. The van der Waals surface area contributed by atoms with E-state index in [2.05, 4.69) is 16.0 Å². The lowest BCUT2D eigenvalue weighted by atomic mass is 9.95. The van der Waals surface area contributed by atoms with E-state index in [1.165, 1.54) is 0 Å². The number of hydrogen-bond acceptors (Lipinski definition) is 5. The summed E-state index contributed by atoms with van der Waals surface area (Å²) in [5, 5.41) is 17.7. The van der Waals surface area contributed by atoms with Crippen LogP contribution in [0.15, 0.2) is 30.3 Å². The molecule has 0 fully saturated rings. The number of benzene rings is 1. The Morgan fingerprint density at radius 2 is 1.40 bits per heavy atom. The highest BCUT2D eigenvalue weighted by Gasteiger charge is 2.33. The highest BCUT2D eigenvalue weighted by molar-refractivity contribution is 5.94. The molecule has 3 amide bonds. The maximum Gasteiger partial charge on any atom is 0.326 e. The Morgan fingerprint density at radius 3 is 1.89 bits per heavy atom. The van der Waals surface area contributed by atoms with Crippen molar-refractivity contribution in [1.29, 1.82) is 0 Å². The molecule has 0 spiro atoms. The molecule has 0 bridgehead atoms. The first-order valence-electron chi connectivity index (χ1n) is 12.3. The van der Waals surface area contributed by atoms with Crippen molar-refractivity contribution < 1.29 is 24.3 Å². The van der Waals surface area contributed by atoms with E-state index in [0.717, 1.165) is 5.56 Å². The number of carbonyl (C=O) groups excluding carboxylic acids is 3. The number of aliphatic carboxylic acids is 1. The monoisotopic (exact) mass is 490 g/mol. The van der Waals surface area contributed by atoms with Gasteiger partial charge in [-0.2, -0.15) is 0 Å². The van der Waals surface area contributed by atoms with E-state index in [1.807, 2.05) is 26.8 Å². The third-order valence-corrected chi connectivity index (χ3v) is 6.00. The summed E-state index contributed by atoms with van der Waals surface area (Å²) in [7, 11) is 0. The van der Waals surface area contributed by atoms with Crippen molar-refractivity contribution in [3.8, 4) is 0 Å². The predicted molar refractivity (Wildman–Crippen MR) is 135 cm³/mol. The zero-order valence-corrected chi connectivity index (χ0v) is 21.7. The summed E-state index contributed by atoms with van der Waals surface area (Å²) in [5.41, 5.74) is 6.74. The maximum absolute atomic E-state index is 13.1. The first-order valence-corrected chi connectivity index (χ1v) is 12.3. The number of nitrogens with two attached hydrogens (primary N) is 1. The van der Waals surface area contributed by atoms with E-state index in [1.54, 1.807) is 45.0 Å². The second-order valence-corrected chi connectivity index (χ2v) is 9.93. The van der Waals surface area contributed by atoms with Gasteiger partial charge in [0.2, 0.25) is 17.7 Å². The molecule has 0 aliphatic heterocycles. The Hall–Kier alpha value is -2.94. The molecular formula is C26H42N4O5. The van der Waals surface area contributed by atoms with E-state index >= 15 is 0 Å². The molecule has 1 aromatic carbocycles. The van der Waals surface area contributed by atoms with Crippen molar-refractivity contribution in [1.82, 2.24) is 16.0 Å². The first kappa shape index (κ1) is 30.1. The minimum Gasteiger partial charge on any atom is -0.480 e. The van der Waals surface area contributed by atoms with Crippen LogP contribution in [-0.4, -0.2) is 53.0 Å². The molecule has 0 aliphatic rings. The van der Waals surface area contributed by atoms with E-state index in [0.29, 0.717) is 12.8 Å². The van der Waals surface area contributed by atoms with Crippen LogP contribution < -0.4 is 21.7 Å². The van der Waals surface area contributed by atoms with E-state index in [4.69, 9.17) is 5.73 Å². The lowest BCUT2D eigenvalue weighted by Crippen LogP contribution is -2.60. The Balaban J connectivity index is 2.99. The summed E-state index contributed by atoms with van der Waals surface area (Å²) >= 11 is 0. The van der Waals surface area contributed by atoms with Gasteiger partial charge in [-0.05, 0) is 29.7 Å². The number of hydrogen-bond donors (Lipinski definition) is 5. The Morgan fingerprint density at radius 1 is 0.857 bits per heavy atom. The lowest BCUT2D eigenvalue weighted by Gasteiger charge is -2.29. The van der Waals surface area contributed by atoms with Gasteiger partial charge in [0.25, 0.3) is 0 Å². The van der Waals surface area contributed by atoms with Crippen molar-refractivity contribution in [3.63, 3.8) is 0 Å². The summed E-state index contributed by atoms with van der Waals surface area (Å²) in [4.78, 5) is 50.6. The largest absolute Gasteiger partial charge is 0.480 e. The fourth-order valence-corrected chi connectivity index (χ4v) is 3.67. The molecule has 0 heterocycles. The van der Waals surface area contributed by atoms with Crippen LogP contribution in [0.3, 0.4) is 0 Å². The van der Waals surface area contributed by atoms with Crippen molar-refractivity contribution in [2.45, 2.75) is 85.0 Å². The predicted octanol–water partition coefficient (Wildman–Crippen LogP) is 1.84. The molecule has 0 aliphatic carbocycles. The molecule has 1 aromatic rings. The molecule has 9 heteroatoms. The second kappa shape index (κ2) is 14.5. The Labute approximate surface area is 208 Å². The number of carbonyl (C=O) groups is 4. The van der Waals surface area contributed by atoms with E-state index in [9.17, 15) is 24.3 Å². The summed E-state index contributed by atoms with van der Waals surface area (Å²) in [6, 6.07) is 5.25. The fourth-order valence-electron chi connectivity index (χ4n) is 3.67. The van der Waals surface area contributed by atoms with Gasteiger partial charge >= 0.3 is 5.97 Å². The topological polar surface area (TPSA) is 151 Å². The number of nitrogens with one attached hydrogen (secondary N) is 3. The maximum atomic E-state index is 13.1. The standard InChI is InChI=1S/C26H42N4O5/c1-7-17(6)22(25(33)28-20(26(34)35)14-18-11-9-8-10-12-18)30-24(32)21(16(4)5)29-23(31)19(27)13-15(2)3/h8-12,15-17,19-22H,7,13-14,27H2,1-6H3,(H,28,33)(H,29,31)(H,30,32)(H,34,35). The van der Waals surface area contributed by atoms with Gasteiger partial charge < -0.3 is 26.8 Å². The van der Waals surface area contributed by atoms with Crippen molar-refractivity contribution >= 4 is 23.7 Å². The third-order valence-electron chi connectivity index (χ3n) is 6.00. The second-order valence-electron chi connectivity index (χ2n) is 9.93. The minimum atomic E-state index is -1.16. The number of carboxylic acids is 1. The minimum absolute atomic E-state index is 0.113. The summed E-state index contributed by atoms with van der Waals surface area (Å²) < 4.78 is 0. The van der Waals surface area contributed by atoms with Gasteiger partial charge in [-0.25, -0.2) is 4.79 Å². The quantitative estimate of drug-likeness (QED) is 0.268. The van der Waals surface area contributed by atoms with Gasteiger partial charge in [0.1, 0.15) is 18.1 Å². The van der Waals surface area contributed by atoms with Crippen LogP contribution in [0.1, 0.15) is 59.9 Å². The highest BCUT2D eigenvalue weighted by atomic mass is 16.4. The fraction of sp³-hybridized carbons (Fsp3) is 0.615. The number of amides is 3. The van der Waals surface area contributed by atoms with Gasteiger partial charge in [-0.15, -0.1) is 0 Å². The Kier molecular flexibility index (Phi) is 12.4. The molecule has 35 heavy (non-hydrogen) atoms. The SMILES string of the molecule is CCC(C)C(NC(=O)C(NC(=O)C(N)CC(C)C)C(C)C)C(=O)NC(Cc1ccccc1)C(=O)O. The zero-order valence-electron chi connectivity index (χ0n) is 21.7. The van der Waals surface area contributed by atoms with Gasteiger partial charge in [-0.3, -0.25) is 14.4 Å². The van der Waals surface area contributed by atoms with Gasteiger partial charge in [0.15, 0.2) is 0 Å². The van der Waals surface area contributed by atoms with Crippen LogP contribution in [0, 0.1) is 17.8 Å². The van der Waals surface area contributed by atoms with Gasteiger partial charge in [-0.1, -0.05) is 78.3 Å². The van der Waals surface area contributed by atoms with Gasteiger partial charge in [0.05, 0.1) is 6.04 Å². The average Bonchev–Trinajstić information content (AvgIpc) is 2.79. The summed E-state index contributed by atoms with van der Waals surface area (Å²) in [6.45, 7) is 11.2. The summed E-state index contributed by atoms with van der Waals surface area (Å²) in [6.07, 6.45) is 1.17. The van der Waals surface area contributed by atoms with Crippen LogP contribution in [0.5, 0.6) is 0 Å². The van der Waals surface area contributed by atoms with Crippen LogP contribution in [-0.2, 0) is 25.6 Å². The summed E-state index contributed by atoms with van der Waals surface area (Å²) in [5.74, 6) is -2.98. The molecule has 0 saturated carbocycles. The van der Waals surface area contributed by atoms with Crippen LogP contribution in [0.4, 0.5) is 0 Å². The normalized spacial score (nSPS) is 15.6. The number of rotatable bonds is 14. The molecule has 5 atom stereocenters. The van der Waals surface area contributed by atoms with Gasteiger partial charge in [0, 0.05) is 6.42 Å². The molecular weight excluding hydrogens is 448 g/mol. The zero-order chi connectivity index (χ0) is 26.7.